The molecular formula is C21H25FN4O5S2. The first-order chi connectivity index (χ1) is 15.7. The Bertz CT molecular complexity index is 1210. The maximum Gasteiger partial charge on any atom is 0.246 e. The topological polar surface area (TPSA) is 108 Å². The van der Waals surface area contributed by atoms with Crippen molar-refractivity contribution in [3.8, 4) is 0 Å². The molecule has 2 aromatic rings. The molecule has 2 fully saturated rings. The van der Waals surface area contributed by atoms with E-state index in [9.17, 15) is 26.0 Å². The number of rotatable bonds is 5. The molecule has 178 valence electrons. The van der Waals surface area contributed by atoms with Gasteiger partial charge in [-0.1, -0.05) is 12.1 Å². The van der Waals surface area contributed by atoms with E-state index in [2.05, 4.69) is 4.98 Å². The number of sulfonamides is 2. The van der Waals surface area contributed by atoms with Crippen molar-refractivity contribution in [2.24, 2.45) is 5.92 Å². The number of carbonyl (C=O) groups excluding carboxylic acids is 1. The summed E-state index contributed by atoms with van der Waals surface area (Å²) in [6.45, 7) is 1.04. The second kappa shape index (κ2) is 9.45. The number of piperazine rings is 1. The quantitative estimate of drug-likeness (QED) is 0.615. The fourth-order valence-corrected chi connectivity index (χ4v) is 7.11. The van der Waals surface area contributed by atoms with Gasteiger partial charge in [-0.05, 0) is 37.1 Å². The van der Waals surface area contributed by atoms with Crippen molar-refractivity contribution in [1.82, 2.24) is 18.5 Å². The van der Waals surface area contributed by atoms with Gasteiger partial charge in [0.05, 0.1) is 0 Å². The summed E-state index contributed by atoms with van der Waals surface area (Å²) in [6.07, 6.45) is 3.60. The van der Waals surface area contributed by atoms with Crippen molar-refractivity contribution < 1.29 is 26.0 Å². The third kappa shape index (κ3) is 4.79. The first kappa shape index (κ1) is 23.7. The van der Waals surface area contributed by atoms with Crippen LogP contribution >= 0.6 is 0 Å². The zero-order valence-electron chi connectivity index (χ0n) is 17.9. The van der Waals surface area contributed by atoms with E-state index in [1.54, 1.807) is 11.0 Å². The Morgan fingerprint density at radius 2 is 1.48 bits per heavy atom. The lowest BCUT2D eigenvalue weighted by Gasteiger charge is -2.37. The summed E-state index contributed by atoms with van der Waals surface area (Å²) < 4.78 is 67.5. The van der Waals surface area contributed by atoms with Crippen LogP contribution < -0.4 is 0 Å². The Morgan fingerprint density at radius 1 is 0.848 bits per heavy atom. The normalized spacial score (nSPS) is 19.5. The van der Waals surface area contributed by atoms with Crippen molar-refractivity contribution in [2.45, 2.75) is 22.6 Å². The highest BCUT2D eigenvalue weighted by Crippen LogP contribution is 2.26. The van der Waals surface area contributed by atoms with Crippen LogP contribution in [-0.4, -0.2) is 80.5 Å². The number of nitrogens with zero attached hydrogens (tertiary/aromatic N) is 4. The van der Waals surface area contributed by atoms with Crippen LogP contribution in [-0.2, 0) is 24.8 Å². The number of hydrogen-bond acceptors (Lipinski definition) is 6. The van der Waals surface area contributed by atoms with Gasteiger partial charge in [-0.2, -0.15) is 8.61 Å². The maximum absolute atomic E-state index is 14.0. The second-order valence-electron chi connectivity index (χ2n) is 8.03. The molecular weight excluding hydrogens is 471 g/mol. The standard InChI is InChI=1S/C21H25FN4O5S2/c22-19-5-1-2-6-20(19)33(30,31)26-14-12-24(13-15-26)21(27)17-7-10-25(11-8-17)32(28,29)18-4-3-9-23-16-18/h1-6,9,16-17H,7-8,10-15H2. The fourth-order valence-electron chi connectivity index (χ4n) is 4.19. The minimum Gasteiger partial charge on any atom is -0.340 e. The van der Waals surface area contributed by atoms with Crippen LogP contribution in [0.5, 0.6) is 0 Å². The van der Waals surface area contributed by atoms with Crippen molar-refractivity contribution in [1.29, 1.82) is 0 Å². The predicted molar refractivity (Wildman–Crippen MR) is 117 cm³/mol. The summed E-state index contributed by atoms with van der Waals surface area (Å²) in [4.78, 5) is 18.2. The van der Waals surface area contributed by atoms with Gasteiger partial charge in [0.15, 0.2) is 0 Å². The smallest absolute Gasteiger partial charge is 0.246 e. The molecule has 4 rings (SSSR count). The molecule has 9 nitrogen and oxygen atoms in total. The van der Waals surface area contributed by atoms with Gasteiger partial charge in [0.1, 0.15) is 15.6 Å². The molecule has 12 heteroatoms. The molecule has 1 aromatic carbocycles. The van der Waals surface area contributed by atoms with E-state index < -0.39 is 25.9 Å². The Kier molecular flexibility index (Phi) is 6.80. The number of carbonyl (C=O) groups is 1. The number of hydrogen-bond donors (Lipinski definition) is 0. The van der Waals surface area contributed by atoms with E-state index in [1.807, 2.05) is 0 Å². The zero-order valence-corrected chi connectivity index (χ0v) is 19.5. The first-order valence-corrected chi connectivity index (χ1v) is 13.5. The fraction of sp³-hybridized carbons (Fsp3) is 0.429. The van der Waals surface area contributed by atoms with Gasteiger partial charge in [0.2, 0.25) is 26.0 Å². The Morgan fingerprint density at radius 3 is 2.09 bits per heavy atom. The number of pyridine rings is 1. The molecule has 2 aliphatic rings. The number of amides is 1. The van der Waals surface area contributed by atoms with Gasteiger partial charge in [-0.3, -0.25) is 9.78 Å². The molecule has 2 saturated heterocycles. The van der Waals surface area contributed by atoms with Crippen molar-refractivity contribution in [2.75, 3.05) is 39.3 Å². The average Bonchev–Trinajstić information content (AvgIpc) is 2.84. The molecule has 0 radical (unpaired) electrons. The lowest BCUT2D eigenvalue weighted by molar-refractivity contribution is -0.137. The summed E-state index contributed by atoms with van der Waals surface area (Å²) in [5.41, 5.74) is 0. The molecule has 0 N–H and O–H groups in total. The predicted octanol–water partition coefficient (Wildman–Crippen LogP) is 1.15. The summed E-state index contributed by atoms with van der Waals surface area (Å²) in [5, 5.41) is 0. The minimum atomic E-state index is -3.97. The molecule has 0 saturated carbocycles. The van der Waals surface area contributed by atoms with Crippen LogP contribution in [0.15, 0.2) is 58.6 Å². The van der Waals surface area contributed by atoms with Gasteiger partial charge in [0, 0.05) is 57.6 Å². The first-order valence-electron chi connectivity index (χ1n) is 10.6. The maximum atomic E-state index is 14.0. The molecule has 0 bridgehead atoms. The molecule has 1 amide bonds. The van der Waals surface area contributed by atoms with E-state index in [0.29, 0.717) is 12.8 Å². The Labute approximate surface area is 192 Å². The number of benzene rings is 1. The highest BCUT2D eigenvalue weighted by atomic mass is 32.2. The SMILES string of the molecule is O=C(C1CCN(S(=O)(=O)c2cccnc2)CC1)N1CCN(S(=O)(=O)c2ccccc2F)CC1. The summed E-state index contributed by atoms with van der Waals surface area (Å²) in [5.74, 6) is -1.22. The molecule has 0 unspecified atom stereocenters. The van der Waals surface area contributed by atoms with E-state index in [-0.39, 0.29) is 60.9 Å². The van der Waals surface area contributed by atoms with E-state index in [0.717, 1.165) is 6.07 Å². The monoisotopic (exact) mass is 496 g/mol. The van der Waals surface area contributed by atoms with Gasteiger partial charge in [-0.15, -0.1) is 0 Å². The average molecular weight is 497 g/mol. The van der Waals surface area contributed by atoms with Crippen molar-refractivity contribution >= 4 is 26.0 Å². The lowest BCUT2D eigenvalue weighted by Crippen LogP contribution is -2.53. The second-order valence-corrected chi connectivity index (χ2v) is 11.9. The third-order valence-corrected chi connectivity index (χ3v) is 9.89. The molecule has 1 aromatic heterocycles. The van der Waals surface area contributed by atoms with Crippen LogP contribution in [0.1, 0.15) is 12.8 Å². The molecule has 0 spiro atoms. The van der Waals surface area contributed by atoms with E-state index >= 15 is 0 Å². The Hall–Kier alpha value is -2.41. The van der Waals surface area contributed by atoms with Gasteiger partial charge in [-0.25, -0.2) is 21.2 Å². The number of aromatic nitrogens is 1. The van der Waals surface area contributed by atoms with E-state index in [4.69, 9.17) is 0 Å². The minimum absolute atomic E-state index is 0.0800. The molecule has 3 heterocycles. The highest BCUT2D eigenvalue weighted by molar-refractivity contribution is 7.89. The molecule has 2 aliphatic heterocycles. The van der Waals surface area contributed by atoms with Crippen molar-refractivity contribution in [3.05, 3.63) is 54.6 Å². The van der Waals surface area contributed by atoms with Gasteiger partial charge >= 0.3 is 0 Å². The largest absolute Gasteiger partial charge is 0.340 e. The van der Waals surface area contributed by atoms with Gasteiger partial charge < -0.3 is 4.90 Å². The van der Waals surface area contributed by atoms with Gasteiger partial charge in [0.25, 0.3) is 0 Å². The van der Waals surface area contributed by atoms with Crippen LogP contribution in [0.2, 0.25) is 0 Å². The van der Waals surface area contributed by atoms with Crippen LogP contribution in [0.25, 0.3) is 0 Å². The number of piperidine rings is 1. The summed E-state index contributed by atoms with van der Waals surface area (Å²) in [6, 6.07) is 8.29. The molecule has 0 atom stereocenters. The van der Waals surface area contributed by atoms with E-state index in [1.165, 1.54) is 45.3 Å². The third-order valence-electron chi connectivity index (χ3n) is 6.08. The number of halogens is 1. The summed E-state index contributed by atoms with van der Waals surface area (Å²) >= 11 is 0. The highest BCUT2D eigenvalue weighted by Gasteiger charge is 2.36. The van der Waals surface area contributed by atoms with Crippen LogP contribution in [0, 0.1) is 11.7 Å². The lowest BCUT2D eigenvalue weighted by atomic mass is 9.96. The van der Waals surface area contributed by atoms with Crippen LogP contribution in [0.4, 0.5) is 4.39 Å². The molecule has 0 aliphatic carbocycles. The van der Waals surface area contributed by atoms with Crippen LogP contribution in [0.3, 0.4) is 0 Å². The Balaban J connectivity index is 1.33. The van der Waals surface area contributed by atoms with Crippen molar-refractivity contribution in [3.63, 3.8) is 0 Å². The zero-order chi connectivity index (χ0) is 23.6. The summed E-state index contributed by atoms with van der Waals surface area (Å²) in [7, 11) is -7.62. The molecule has 33 heavy (non-hydrogen) atoms.